The van der Waals surface area contributed by atoms with E-state index in [-0.39, 0.29) is 0 Å². The highest BCUT2D eigenvalue weighted by Gasteiger charge is 2.15. The van der Waals surface area contributed by atoms with E-state index in [1.54, 1.807) is 0 Å². The number of ether oxygens (including phenoxy) is 1. The van der Waals surface area contributed by atoms with Crippen LogP contribution < -0.4 is 5.32 Å². The fourth-order valence-electron chi connectivity index (χ4n) is 1.49. The average molecular weight is 262 g/mol. The SMILES string of the molecule is C=CCCc1cccc(CNC(=O)OC(C)(C)C)n1. The molecule has 1 rings (SSSR count). The number of allylic oxidation sites excluding steroid dienone is 1. The van der Waals surface area contributed by atoms with Crippen LogP contribution in [0.2, 0.25) is 0 Å². The highest BCUT2D eigenvalue weighted by Crippen LogP contribution is 2.07. The molecule has 0 aliphatic heterocycles. The smallest absolute Gasteiger partial charge is 0.407 e. The minimum Gasteiger partial charge on any atom is -0.444 e. The molecule has 4 heteroatoms. The van der Waals surface area contributed by atoms with Crippen LogP contribution in [0.4, 0.5) is 4.79 Å². The molecule has 1 heterocycles. The zero-order valence-electron chi connectivity index (χ0n) is 11.9. The van der Waals surface area contributed by atoms with Crippen LogP contribution in [0.1, 0.15) is 38.6 Å². The molecule has 0 fully saturated rings. The van der Waals surface area contributed by atoms with Crippen molar-refractivity contribution in [3.8, 4) is 0 Å². The van der Waals surface area contributed by atoms with Crippen LogP contribution in [0, 0.1) is 0 Å². The van der Waals surface area contributed by atoms with Crippen molar-refractivity contribution in [1.82, 2.24) is 10.3 Å². The van der Waals surface area contributed by atoms with Gasteiger partial charge in [-0.2, -0.15) is 0 Å². The number of alkyl carbamates (subject to hydrolysis) is 1. The minimum absolute atomic E-state index is 0.372. The van der Waals surface area contributed by atoms with Crippen molar-refractivity contribution >= 4 is 6.09 Å². The molecule has 0 saturated carbocycles. The van der Waals surface area contributed by atoms with E-state index < -0.39 is 11.7 Å². The van der Waals surface area contributed by atoms with Crippen LogP contribution in [-0.4, -0.2) is 16.7 Å². The van der Waals surface area contributed by atoms with Gasteiger partial charge in [-0.15, -0.1) is 6.58 Å². The Balaban J connectivity index is 2.48. The Morgan fingerprint density at radius 1 is 1.42 bits per heavy atom. The molecule has 104 valence electrons. The van der Waals surface area contributed by atoms with Crippen LogP contribution in [0.25, 0.3) is 0 Å². The molecule has 1 N–H and O–H groups in total. The van der Waals surface area contributed by atoms with Crippen LogP contribution in [0.15, 0.2) is 30.9 Å². The molecule has 1 amide bonds. The maximum Gasteiger partial charge on any atom is 0.407 e. The number of hydrogen-bond donors (Lipinski definition) is 1. The van der Waals surface area contributed by atoms with E-state index in [1.807, 2.05) is 45.0 Å². The molecule has 1 aromatic heterocycles. The van der Waals surface area contributed by atoms with Gasteiger partial charge in [-0.1, -0.05) is 12.1 Å². The second-order valence-corrected chi connectivity index (χ2v) is 5.30. The molecule has 0 aromatic carbocycles. The number of rotatable bonds is 5. The van der Waals surface area contributed by atoms with Gasteiger partial charge in [0.25, 0.3) is 0 Å². The van der Waals surface area contributed by atoms with Gasteiger partial charge in [-0.3, -0.25) is 4.98 Å². The average Bonchev–Trinajstić information content (AvgIpc) is 2.32. The Hall–Kier alpha value is -1.84. The summed E-state index contributed by atoms with van der Waals surface area (Å²) in [5.41, 5.74) is 1.35. The van der Waals surface area contributed by atoms with E-state index in [0.29, 0.717) is 6.54 Å². The van der Waals surface area contributed by atoms with Gasteiger partial charge in [0.15, 0.2) is 0 Å². The summed E-state index contributed by atoms with van der Waals surface area (Å²) in [4.78, 5) is 16.0. The van der Waals surface area contributed by atoms with Crippen LogP contribution in [0.3, 0.4) is 0 Å². The first-order chi connectivity index (χ1) is 8.90. The van der Waals surface area contributed by atoms with E-state index in [0.717, 1.165) is 24.2 Å². The van der Waals surface area contributed by atoms with Gasteiger partial charge >= 0.3 is 6.09 Å². The van der Waals surface area contributed by atoms with Gasteiger partial charge in [0, 0.05) is 5.69 Å². The van der Waals surface area contributed by atoms with Crippen molar-refractivity contribution in [1.29, 1.82) is 0 Å². The molecule has 1 aromatic rings. The summed E-state index contributed by atoms with van der Waals surface area (Å²) >= 11 is 0. The largest absolute Gasteiger partial charge is 0.444 e. The molecule has 0 saturated heterocycles. The first-order valence-corrected chi connectivity index (χ1v) is 6.43. The van der Waals surface area contributed by atoms with E-state index in [9.17, 15) is 4.79 Å². The lowest BCUT2D eigenvalue weighted by Crippen LogP contribution is -2.32. The lowest BCUT2D eigenvalue weighted by atomic mass is 10.2. The fourth-order valence-corrected chi connectivity index (χ4v) is 1.49. The first kappa shape index (κ1) is 15.2. The zero-order valence-corrected chi connectivity index (χ0v) is 11.9. The lowest BCUT2D eigenvalue weighted by Gasteiger charge is -2.19. The standard InChI is InChI=1S/C15H22N2O2/c1-5-6-8-12-9-7-10-13(17-12)11-16-14(18)19-15(2,3)4/h5,7,9-10H,1,6,8,11H2,2-4H3,(H,16,18). The molecule has 0 aliphatic carbocycles. The minimum atomic E-state index is -0.483. The second kappa shape index (κ2) is 6.92. The predicted molar refractivity (Wildman–Crippen MR) is 75.8 cm³/mol. The number of amides is 1. The zero-order chi connectivity index (χ0) is 14.3. The Kier molecular flexibility index (Phi) is 5.55. The molecular formula is C15H22N2O2. The summed E-state index contributed by atoms with van der Waals surface area (Å²) in [5.74, 6) is 0. The third-order valence-corrected chi connectivity index (χ3v) is 2.28. The van der Waals surface area contributed by atoms with E-state index in [4.69, 9.17) is 4.74 Å². The molecule has 0 bridgehead atoms. The predicted octanol–water partition coefficient (Wildman–Crippen LogP) is 3.22. The second-order valence-electron chi connectivity index (χ2n) is 5.30. The van der Waals surface area contributed by atoms with Gasteiger partial charge in [-0.25, -0.2) is 4.79 Å². The Morgan fingerprint density at radius 2 is 2.11 bits per heavy atom. The number of nitrogens with one attached hydrogen (secondary N) is 1. The van der Waals surface area contributed by atoms with Crippen LogP contribution >= 0.6 is 0 Å². The van der Waals surface area contributed by atoms with Crippen molar-refractivity contribution in [3.05, 3.63) is 42.2 Å². The van der Waals surface area contributed by atoms with E-state index in [1.165, 1.54) is 0 Å². The van der Waals surface area contributed by atoms with Crippen molar-refractivity contribution in [3.63, 3.8) is 0 Å². The summed E-state index contributed by atoms with van der Waals surface area (Å²) < 4.78 is 5.16. The van der Waals surface area contributed by atoms with Crippen molar-refractivity contribution in [2.45, 2.75) is 45.8 Å². The summed E-state index contributed by atoms with van der Waals surface area (Å²) in [5, 5.41) is 2.69. The Labute approximate surface area is 114 Å². The highest BCUT2D eigenvalue weighted by atomic mass is 16.6. The number of aryl methyl sites for hydroxylation is 1. The number of aromatic nitrogens is 1. The molecule has 0 radical (unpaired) electrons. The summed E-state index contributed by atoms with van der Waals surface area (Å²) in [6.45, 7) is 9.56. The molecule has 0 spiro atoms. The maximum absolute atomic E-state index is 11.5. The van der Waals surface area contributed by atoms with Gasteiger partial charge in [-0.05, 0) is 45.7 Å². The van der Waals surface area contributed by atoms with E-state index in [2.05, 4.69) is 16.9 Å². The fraction of sp³-hybridized carbons (Fsp3) is 0.467. The van der Waals surface area contributed by atoms with E-state index >= 15 is 0 Å². The van der Waals surface area contributed by atoms with Gasteiger partial charge < -0.3 is 10.1 Å². The molecule has 19 heavy (non-hydrogen) atoms. The Bertz CT molecular complexity index is 436. The summed E-state index contributed by atoms with van der Waals surface area (Å²) in [6.07, 6.45) is 3.21. The van der Waals surface area contributed by atoms with Crippen LogP contribution in [0.5, 0.6) is 0 Å². The molecule has 0 unspecified atom stereocenters. The van der Waals surface area contributed by atoms with Gasteiger partial charge in [0.1, 0.15) is 5.60 Å². The van der Waals surface area contributed by atoms with Gasteiger partial charge in [0.05, 0.1) is 12.2 Å². The third-order valence-electron chi connectivity index (χ3n) is 2.28. The highest BCUT2D eigenvalue weighted by molar-refractivity contribution is 5.67. The topological polar surface area (TPSA) is 51.2 Å². The third kappa shape index (κ3) is 6.60. The van der Waals surface area contributed by atoms with Gasteiger partial charge in [0.2, 0.25) is 0 Å². The number of carbonyl (C=O) groups is 1. The first-order valence-electron chi connectivity index (χ1n) is 6.43. The molecule has 4 nitrogen and oxygen atoms in total. The molecular weight excluding hydrogens is 240 g/mol. The number of carbonyl (C=O) groups excluding carboxylic acids is 1. The monoisotopic (exact) mass is 262 g/mol. The van der Waals surface area contributed by atoms with Crippen LogP contribution in [-0.2, 0) is 17.7 Å². The van der Waals surface area contributed by atoms with Crippen molar-refractivity contribution in [2.75, 3.05) is 0 Å². The Morgan fingerprint density at radius 3 is 2.74 bits per heavy atom. The van der Waals surface area contributed by atoms with Crippen molar-refractivity contribution in [2.24, 2.45) is 0 Å². The molecule has 0 aliphatic rings. The lowest BCUT2D eigenvalue weighted by molar-refractivity contribution is 0.0523. The number of hydrogen-bond acceptors (Lipinski definition) is 3. The summed E-state index contributed by atoms with van der Waals surface area (Å²) in [7, 11) is 0. The summed E-state index contributed by atoms with van der Waals surface area (Å²) in [6, 6.07) is 5.80. The van der Waals surface area contributed by atoms with Crippen molar-refractivity contribution < 1.29 is 9.53 Å². The molecule has 0 atom stereocenters. The normalized spacial score (nSPS) is 10.9. The number of nitrogens with zero attached hydrogens (tertiary/aromatic N) is 1. The number of pyridine rings is 1. The quantitative estimate of drug-likeness (QED) is 0.829. The maximum atomic E-state index is 11.5.